The largest absolute Gasteiger partial charge is 0.416 e. The number of nitrogens with zero attached hydrogens (tertiary/aromatic N) is 2. The van der Waals surface area contributed by atoms with Crippen LogP contribution in [0.2, 0.25) is 0 Å². The first kappa shape index (κ1) is 32.0. The van der Waals surface area contributed by atoms with Gasteiger partial charge in [0.25, 0.3) is 0 Å². The average molecular weight is 618 g/mol. The third kappa shape index (κ3) is 7.46. The van der Waals surface area contributed by atoms with Crippen molar-refractivity contribution in [3.05, 3.63) is 107 Å². The van der Waals surface area contributed by atoms with E-state index in [1.807, 2.05) is 48.5 Å². The second kappa shape index (κ2) is 12.9. The van der Waals surface area contributed by atoms with Crippen molar-refractivity contribution in [3.63, 3.8) is 0 Å². The lowest BCUT2D eigenvalue weighted by Crippen LogP contribution is -2.55. The van der Waals surface area contributed by atoms with Crippen LogP contribution in [0, 0.1) is 0 Å². The second-order valence-corrected chi connectivity index (χ2v) is 12.0. The summed E-state index contributed by atoms with van der Waals surface area (Å²) in [6.45, 7) is 6.06. The summed E-state index contributed by atoms with van der Waals surface area (Å²) in [6.07, 6.45) is -7.12. The van der Waals surface area contributed by atoms with Crippen LogP contribution in [0.25, 0.3) is 0 Å². The molecule has 1 heterocycles. The Morgan fingerprint density at radius 2 is 1.34 bits per heavy atom. The molecule has 1 atom stereocenters. The molecule has 0 bridgehead atoms. The first-order chi connectivity index (χ1) is 20.8. The molecule has 1 saturated carbocycles. The standard InChI is InChI=1S/C34H37F6N3O/c1-24(26-20-28(33(35,36)37)22-29(21-26)34(38,39)40)31(44)41-32(27-10-6-3-7-11-27)14-12-30(13-15-32)43-18-16-42(17-19-43)23-25-8-4-2-5-9-25/h2-11,20-22,24,30H,12-19,23H2,1H3,(H,41,44)/t24-,30?,32?/m0/s1. The fraction of sp³-hybridized carbons (Fsp3) is 0.441. The molecule has 2 aliphatic rings. The minimum atomic E-state index is -4.98. The fourth-order valence-electron chi connectivity index (χ4n) is 6.56. The molecule has 1 N–H and O–H groups in total. The van der Waals surface area contributed by atoms with Crippen molar-refractivity contribution in [1.29, 1.82) is 0 Å². The minimum Gasteiger partial charge on any atom is -0.346 e. The molecule has 0 spiro atoms. The van der Waals surface area contributed by atoms with Gasteiger partial charge in [-0.15, -0.1) is 0 Å². The number of nitrogens with one attached hydrogen (secondary N) is 1. The van der Waals surface area contributed by atoms with E-state index in [0.29, 0.717) is 31.0 Å². The highest BCUT2D eigenvalue weighted by Crippen LogP contribution is 2.41. The van der Waals surface area contributed by atoms with Crippen molar-refractivity contribution in [2.24, 2.45) is 0 Å². The number of piperazine rings is 1. The lowest BCUT2D eigenvalue weighted by atomic mass is 9.74. The number of carbonyl (C=O) groups excluding carboxylic acids is 1. The quantitative estimate of drug-likeness (QED) is 0.278. The lowest BCUT2D eigenvalue weighted by Gasteiger charge is -2.46. The van der Waals surface area contributed by atoms with E-state index >= 15 is 0 Å². The number of carbonyl (C=O) groups is 1. The van der Waals surface area contributed by atoms with Gasteiger partial charge >= 0.3 is 12.4 Å². The molecule has 3 aromatic rings. The summed E-state index contributed by atoms with van der Waals surface area (Å²) < 4.78 is 80.9. The Hall–Kier alpha value is -3.37. The van der Waals surface area contributed by atoms with Crippen LogP contribution in [0.5, 0.6) is 0 Å². The number of halogens is 6. The Morgan fingerprint density at radius 3 is 1.86 bits per heavy atom. The highest BCUT2D eigenvalue weighted by atomic mass is 19.4. The average Bonchev–Trinajstić information content (AvgIpc) is 3.01. The van der Waals surface area contributed by atoms with Gasteiger partial charge < -0.3 is 5.32 Å². The SMILES string of the molecule is C[C@H](C(=O)NC1(c2ccccc2)CCC(N2CCN(Cc3ccccc3)CC2)CC1)c1cc(C(F)(F)F)cc(C(F)(F)F)c1. The second-order valence-electron chi connectivity index (χ2n) is 12.0. The maximum Gasteiger partial charge on any atom is 0.416 e. The van der Waals surface area contributed by atoms with Crippen molar-refractivity contribution in [3.8, 4) is 0 Å². The molecule has 4 nitrogen and oxygen atoms in total. The number of hydrogen-bond acceptors (Lipinski definition) is 3. The molecule has 44 heavy (non-hydrogen) atoms. The molecule has 1 aliphatic heterocycles. The van der Waals surface area contributed by atoms with E-state index in [4.69, 9.17) is 0 Å². The third-order valence-corrected chi connectivity index (χ3v) is 9.17. The van der Waals surface area contributed by atoms with Gasteiger partial charge in [0.1, 0.15) is 0 Å². The number of rotatable bonds is 7. The van der Waals surface area contributed by atoms with Gasteiger partial charge in [0, 0.05) is 38.8 Å². The topological polar surface area (TPSA) is 35.6 Å². The third-order valence-electron chi connectivity index (χ3n) is 9.17. The number of benzene rings is 3. The number of alkyl halides is 6. The maximum absolute atomic E-state index is 13.6. The van der Waals surface area contributed by atoms with Crippen LogP contribution in [0.4, 0.5) is 26.3 Å². The summed E-state index contributed by atoms with van der Waals surface area (Å²) in [5.74, 6) is -1.83. The summed E-state index contributed by atoms with van der Waals surface area (Å²) in [7, 11) is 0. The summed E-state index contributed by atoms with van der Waals surface area (Å²) in [4.78, 5) is 18.5. The Kier molecular flexibility index (Phi) is 9.41. The van der Waals surface area contributed by atoms with Crippen molar-refractivity contribution in [1.82, 2.24) is 15.1 Å². The van der Waals surface area contributed by atoms with Crippen molar-refractivity contribution < 1.29 is 31.1 Å². The van der Waals surface area contributed by atoms with Gasteiger partial charge in [0.2, 0.25) is 5.91 Å². The van der Waals surface area contributed by atoms with E-state index in [9.17, 15) is 31.1 Å². The molecule has 236 valence electrons. The molecule has 10 heteroatoms. The van der Waals surface area contributed by atoms with E-state index < -0.39 is 40.8 Å². The number of amides is 1. The molecular weight excluding hydrogens is 580 g/mol. The van der Waals surface area contributed by atoms with Crippen LogP contribution in [0.15, 0.2) is 78.9 Å². The predicted octanol–water partition coefficient (Wildman–Crippen LogP) is 7.60. The molecule has 1 aliphatic carbocycles. The minimum absolute atomic E-state index is 0.0857. The Labute approximate surface area is 254 Å². The molecule has 3 aromatic carbocycles. The van der Waals surface area contributed by atoms with Gasteiger partial charge in [-0.05, 0) is 67.5 Å². The van der Waals surface area contributed by atoms with Crippen molar-refractivity contribution >= 4 is 5.91 Å². The van der Waals surface area contributed by atoms with Crippen LogP contribution in [0.1, 0.15) is 66.3 Å². The summed E-state index contributed by atoms with van der Waals surface area (Å²) in [5, 5.41) is 3.09. The molecule has 0 unspecified atom stereocenters. The summed E-state index contributed by atoms with van der Waals surface area (Å²) >= 11 is 0. The van der Waals surface area contributed by atoms with E-state index in [1.165, 1.54) is 12.5 Å². The number of hydrogen-bond donors (Lipinski definition) is 1. The monoisotopic (exact) mass is 617 g/mol. The van der Waals surface area contributed by atoms with E-state index in [-0.39, 0.29) is 11.6 Å². The fourth-order valence-corrected chi connectivity index (χ4v) is 6.56. The molecule has 2 fully saturated rings. The lowest BCUT2D eigenvalue weighted by molar-refractivity contribution is -0.143. The van der Waals surface area contributed by atoms with Gasteiger partial charge in [-0.2, -0.15) is 26.3 Å². The first-order valence-electron chi connectivity index (χ1n) is 15.0. The first-order valence-corrected chi connectivity index (χ1v) is 15.0. The van der Waals surface area contributed by atoms with Gasteiger partial charge in [0.15, 0.2) is 0 Å². The zero-order valence-electron chi connectivity index (χ0n) is 24.6. The Balaban J connectivity index is 1.29. The molecule has 1 amide bonds. The molecule has 5 rings (SSSR count). The van der Waals surface area contributed by atoms with Crippen molar-refractivity contribution in [2.45, 2.75) is 69.0 Å². The highest BCUT2D eigenvalue weighted by Gasteiger charge is 2.42. The van der Waals surface area contributed by atoms with Gasteiger partial charge in [-0.25, -0.2) is 0 Å². The van der Waals surface area contributed by atoms with Crippen molar-refractivity contribution in [2.75, 3.05) is 26.2 Å². The van der Waals surface area contributed by atoms with Crippen LogP contribution in [0.3, 0.4) is 0 Å². The molecule has 0 aromatic heterocycles. The van der Waals surface area contributed by atoms with E-state index in [2.05, 4.69) is 27.2 Å². The molecule has 1 saturated heterocycles. The highest BCUT2D eigenvalue weighted by molar-refractivity contribution is 5.84. The molecular formula is C34H37F6N3O. The summed E-state index contributed by atoms with van der Waals surface area (Å²) in [5.41, 5.74) is -1.78. The zero-order valence-corrected chi connectivity index (χ0v) is 24.6. The van der Waals surface area contributed by atoms with Crippen LogP contribution >= 0.6 is 0 Å². The van der Waals surface area contributed by atoms with Crippen LogP contribution in [-0.2, 0) is 29.2 Å². The van der Waals surface area contributed by atoms with Crippen LogP contribution < -0.4 is 5.32 Å². The normalized spacial score (nSPS) is 22.8. The van der Waals surface area contributed by atoms with Crippen LogP contribution in [-0.4, -0.2) is 47.9 Å². The predicted molar refractivity (Wildman–Crippen MR) is 157 cm³/mol. The zero-order chi connectivity index (χ0) is 31.5. The summed E-state index contributed by atoms with van der Waals surface area (Å²) in [6, 6.07) is 21.5. The van der Waals surface area contributed by atoms with Gasteiger partial charge in [-0.1, -0.05) is 60.7 Å². The Bertz CT molecular complexity index is 1360. The smallest absolute Gasteiger partial charge is 0.346 e. The van der Waals surface area contributed by atoms with E-state index in [1.54, 1.807) is 0 Å². The van der Waals surface area contributed by atoms with E-state index in [0.717, 1.165) is 51.1 Å². The van der Waals surface area contributed by atoms with Gasteiger partial charge in [-0.3, -0.25) is 14.6 Å². The maximum atomic E-state index is 13.6. The Morgan fingerprint density at radius 1 is 0.818 bits per heavy atom. The molecule has 0 radical (unpaired) electrons. The van der Waals surface area contributed by atoms with Gasteiger partial charge in [0.05, 0.1) is 22.6 Å².